The lowest BCUT2D eigenvalue weighted by molar-refractivity contribution is 0.0782. The SMILES string of the molecule is CN=C(NCC1(SC)CCOCC1)NC(C)c1ccc(F)c(F)c1.I. The van der Waals surface area contributed by atoms with Crippen molar-refractivity contribution in [1.82, 2.24) is 10.6 Å². The molecule has 2 rings (SSSR count). The molecular formula is C17H26F2IN3OS. The number of hydrogen-bond donors (Lipinski definition) is 2. The smallest absolute Gasteiger partial charge is 0.191 e. The molecule has 0 radical (unpaired) electrons. The zero-order valence-corrected chi connectivity index (χ0v) is 17.9. The van der Waals surface area contributed by atoms with Crippen LogP contribution in [0.15, 0.2) is 23.2 Å². The van der Waals surface area contributed by atoms with E-state index in [-0.39, 0.29) is 34.8 Å². The lowest BCUT2D eigenvalue weighted by atomic mass is 9.99. The van der Waals surface area contributed by atoms with Crippen molar-refractivity contribution in [2.75, 3.05) is 33.1 Å². The highest BCUT2D eigenvalue weighted by atomic mass is 127. The third-order valence-corrected chi connectivity index (χ3v) is 5.85. The van der Waals surface area contributed by atoms with Gasteiger partial charge in [0.15, 0.2) is 17.6 Å². The molecule has 142 valence electrons. The van der Waals surface area contributed by atoms with Gasteiger partial charge in [0.2, 0.25) is 0 Å². The van der Waals surface area contributed by atoms with Crippen LogP contribution >= 0.6 is 35.7 Å². The number of rotatable bonds is 5. The number of guanidine groups is 1. The highest BCUT2D eigenvalue weighted by Gasteiger charge is 2.31. The Hall–Kier alpha value is -0.610. The van der Waals surface area contributed by atoms with E-state index in [9.17, 15) is 8.78 Å². The van der Waals surface area contributed by atoms with Crippen LogP contribution in [0, 0.1) is 11.6 Å². The van der Waals surface area contributed by atoms with Crippen molar-refractivity contribution in [3.8, 4) is 0 Å². The molecule has 1 atom stereocenters. The molecule has 1 heterocycles. The van der Waals surface area contributed by atoms with Gasteiger partial charge in [0.05, 0.1) is 6.04 Å². The number of nitrogens with zero attached hydrogens (tertiary/aromatic N) is 1. The van der Waals surface area contributed by atoms with Crippen molar-refractivity contribution in [2.45, 2.75) is 30.6 Å². The molecule has 1 aliphatic heterocycles. The van der Waals surface area contributed by atoms with E-state index < -0.39 is 11.6 Å². The van der Waals surface area contributed by atoms with E-state index in [1.165, 1.54) is 6.07 Å². The number of nitrogens with one attached hydrogen (secondary N) is 2. The van der Waals surface area contributed by atoms with Crippen LogP contribution in [0.2, 0.25) is 0 Å². The van der Waals surface area contributed by atoms with Gasteiger partial charge in [-0.1, -0.05) is 6.07 Å². The quantitative estimate of drug-likeness (QED) is 0.379. The zero-order valence-electron chi connectivity index (χ0n) is 14.8. The van der Waals surface area contributed by atoms with Gasteiger partial charge in [0.1, 0.15) is 0 Å². The van der Waals surface area contributed by atoms with Gasteiger partial charge in [-0.15, -0.1) is 24.0 Å². The minimum absolute atomic E-state index is 0. The van der Waals surface area contributed by atoms with Crippen molar-refractivity contribution in [3.05, 3.63) is 35.4 Å². The van der Waals surface area contributed by atoms with Gasteiger partial charge < -0.3 is 15.4 Å². The maximum atomic E-state index is 13.4. The predicted octanol–water partition coefficient (Wildman–Crippen LogP) is 3.72. The first-order chi connectivity index (χ1) is 11.5. The molecule has 1 aromatic carbocycles. The Morgan fingerprint density at radius 2 is 2.00 bits per heavy atom. The summed E-state index contributed by atoms with van der Waals surface area (Å²) >= 11 is 1.85. The molecule has 0 aliphatic carbocycles. The second-order valence-electron chi connectivity index (χ2n) is 5.96. The van der Waals surface area contributed by atoms with E-state index in [4.69, 9.17) is 4.74 Å². The van der Waals surface area contributed by atoms with Gasteiger partial charge in [0.25, 0.3) is 0 Å². The van der Waals surface area contributed by atoms with Crippen molar-refractivity contribution >= 4 is 41.7 Å². The Kier molecular flexibility index (Phi) is 9.44. The van der Waals surface area contributed by atoms with Crippen LogP contribution in [0.4, 0.5) is 8.78 Å². The van der Waals surface area contributed by atoms with E-state index >= 15 is 0 Å². The molecule has 25 heavy (non-hydrogen) atoms. The molecule has 1 fully saturated rings. The minimum Gasteiger partial charge on any atom is -0.381 e. The number of aliphatic imine (C=N–C) groups is 1. The topological polar surface area (TPSA) is 45.7 Å². The Labute approximate surface area is 169 Å². The van der Waals surface area contributed by atoms with Crippen LogP contribution < -0.4 is 10.6 Å². The summed E-state index contributed by atoms with van der Waals surface area (Å²) in [6.07, 6.45) is 4.11. The third kappa shape index (κ3) is 6.25. The van der Waals surface area contributed by atoms with Gasteiger partial charge in [-0.3, -0.25) is 4.99 Å². The lowest BCUT2D eigenvalue weighted by Crippen LogP contribution is -2.48. The van der Waals surface area contributed by atoms with Crippen LogP contribution in [-0.4, -0.2) is 43.8 Å². The molecule has 1 unspecified atom stereocenters. The Morgan fingerprint density at radius 1 is 1.32 bits per heavy atom. The largest absolute Gasteiger partial charge is 0.381 e. The molecule has 0 amide bonds. The van der Waals surface area contributed by atoms with E-state index in [1.807, 2.05) is 18.7 Å². The Bertz CT molecular complexity index is 583. The summed E-state index contributed by atoms with van der Waals surface area (Å²) in [6.45, 7) is 4.22. The van der Waals surface area contributed by atoms with Gasteiger partial charge in [-0.05, 0) is 43.7 Å². The third-order valence-electron chi connectivity index (χ3n) is 4.44. The minimum atomic E-state index is -0.840. The van der Waals surface area contributed by atoms with Crippen LogP contribution in [-0.2, 0) is 4.74 Å². The van der Waals surface area contributed by atoms with Gasteiger partial charge >= 0.3 is 0 Å². The van der Waals surface area contributed by atoms with Crippen LogP contribution in [0.1, 0.15) is 31.4 Å². The number of ether oxygens (including phenoxy) is 1. The second kappa shape index (κ2) is 10.5. The van der Waals surface area contributed by atoms with Gasteiger partial charge in [-0.25, -0.2) is 8.78 Å². The second-order valence-corrected chi connectivity index (χ2v) is 7.24. The summed E-state index contributed by atoms with van der Waals surface area (Å²) in [5, 5.41) is 6.57. The van der Waals surface area contributed by atoms with Crippen LogP contribution in [0.3, 0.4) is 0 Å². The predicted molar refractivity (Wildman–Crippen MR) is 111 cm³/mol. The maximum Gasteiger partial charge on any atom is 0.191 e. The van der Waals surface area contributed by atoms with E-state index in [0.29, 0.717) is 11.5 Å². The average Bonchev–Trinajstić information content (AvgIpc) is 2.61. The normalized spacial score (nSPS) is 18.2. The molecule has 1 aliphatic rings. The standard InChI is InChI=1S/C17H25F2N3OS.HI/c1-12(13-4-5-14(18)15(19)10-13)22-16(20-2)21-11-17(24-3)6-8-23-9-7-17;/h4-5,10,12H,6-9,11H2,1-3H3,(H2,20,21,22);1H. The van der Waals surface area contributed by atoms with Gasteiger partial charge in [-0.2, -0.15) is 11.8 Å². The average molecular weight is 485 g/mol. The summed E-state index contributed by atoms with van der Waals surface area (Å²) < 4.78 is 32.0. The maximum absolute atomic E-state index is 13.4. The number of thioether (sulfide) groups is 1. The molecule has 0 bridgehead atoms. The molecule has 4 nitrogen and oxygen atoms in total. The molecule has 0 aromatic heterocycles. The number of halogens is 3. The first-order valence-corrected chi connectivity index (χ1v) is 9.27. The molecule has 8 heteroatoms. The molecule has 0 spiro atoms. The van der Waals surface area contributed by atoms with Crippen LogP contribution in [0.25, 0.3) is 0 Å². The fourth-order valence-electron chi connectivity index (χ4n) is 2.71. The van der Waals surface area contributed by atoms with Crippen molar-refractivity contribution < 1.29 is 13.5 Å². The molecule has 1 aromatic rings. The molecule has 0 saturated carbocycles. The zero-order chi connectivity index (χ0) is 17.6. The monoisotopic (exact) mass is 485 g/mol. The Balaban J connectivity index is 0.00000312. The van der Waals surface area contributed by atoms with Crippen molar-refractivity contribution in [1.29, 1.82) is 0 Å². The van der Waals surface area contributed by atoms with Gasteiger partial charge in [0, 0.05) is 31.6 Å². The molecular weight excluding hydrogens is 459 g/mol. The summed E-state index contributed by atoms with van der Waals surface area (Å²) in [7, 11) is 1.70. The summed E-state index contributed by atoms with van der Waals surface area (Å²) in [5.41, 5.74) is 0.669. The van der Waals surface area contributed by atoms with Crippen LogP contribution in [0.5, 0.6) is 0 Å². The molecule has 2 N–H and O–H groups in total. The summed E-state index contributed by atoms with van der Waals surface area (Å²) in [4.78, 5) is 4.23. The van der Waals surface area contributed by atoms with Crippen molar-refractivity contribution in [3.63, 3.8) is 0 Å². The number of hydrogen-bond acceptors (Lipinski definition) is 3. The fourth-order valence-corrected chi connectivity index (χ4v) is 3.50. The van der Waals surface area contributed by atoms with E-state index in [2.05, 4.69) is 21.9 Å². The molecule has 1 saturated heterocycles. The lowest BCUT2D eigenvalue weighted by Gasteiger charge is -2.36. The van der Waals surface area contributed by atoms with Crippen molar-refractivity contribution in [2.24, 2.45) is 4.99 Å². The van der Waals surface area contributed by atoms with E-state index in [0.717, 1.165) is 38.7 Å². The Morgan fingerprint density at radius 3 is 2.56 bits per heavy atom. The number of benzene rings is 1. The highest BCUT2D eigenvalue weighted by molar-refractivity contribution is 14.0. The first kappa shape index (κ1) is 22.4. The fraction of sp³-hybridized carbons (Fsp3) is 0.588. The first-order valence-electron chi connectivity index (χ1n) is 8.05. The summed E-state index contributed by atoms with van der Waals surface area (Å²) in [6, 6.07) is 3.74. The highest BCUT2D eigenvalue weighted by Crippen LogP contribution is 2.33. The summed E-state index contributed by atoms with van der Waals surface area (Å²) in [5.74, 6) is -1.03. The van der Waals surface area contributed by atoms with E-state index in [1.54, 1.807) is 13.1 Å².